The minimum absolute atomic E-state index is 0.223. The van der Waals surface area contributed by atoms with Crippen LogP contribution in [-0.2, 0) is 4.74 Å². The largest absolute Gasteiger partial charge is 0.450 e. The number of carbonyl (C=O) groups excluding carboxylic acids is 1. The van der Waals surface area contributed by atoms with Crippen LogP contribution in [0.25, 0.3) is 0 Å². The summed E-state index contributed by atoms with van der Waals surface area (Å²) in [4.78, 5) is 11.5. The molecule has 0 aromatic rings. The summed E-state index contributed by atoms with van der Waals surface area (Å²) in [5.41, 5.74) is 0. The van der Waals surface area contributed by atoms with Crippen LogP contribution < -0.4 is 5.32 Å². The van der Waals surface area contributed by atoms with Gasteiger partial charge >= 0.3 is 6.09 Å². The Hall–Kier alpha value is -0.730. The standard InChI is InChI=1S/C13H25NO2/c1-2-3-11-16-13(15)14-12-9-7-5-4-6-8-10-12/h12H,2-11H2,1H3,(H,14,15). The van der Waals surface area contributed by atoms with Crippen molar-refractivity contribution in [1.29, 1.82) is 0 Å². The topological polar surface area (TPSA) is 38.3 Å². The third-order valence-corrected chi connectivity index (χ3v) is 3.16. The van der Waals surface area contributed by atoms with Crippen LogP contribution in [0.3, 0.4) is 0 Å². The molecule has 1 fully saturated rings. The van der Waals surface area contributed by atoms with Gasteiger partial charge in [0.1, 0.15) is 0 Å². The first kappa shape index (κ1) is 13.3. The van der Waals surface area contributed by atoms with E-state index in [1.165, 1.54) is 32.1 Å². The highest BCUT2D eigenvalue weighted by Crippen LogP contribution is 2.17. The van der Waals surface area contributed by atoms with Crippen molar-refractivity contribution in [2.75, 3.05) is 6.61 Å². The molecule has 0 aliphatic heterocycles. The number of ether oxygens (including phenoxy) is 1. The summed E-state index contributed by atoms with van der Waals surface area (Å²) in [6.45, 7) is 2.64. The van der Waals surface area contributed by atoms with E-state index in [1.807, 2.05) is 0 Å². The first-order valence-corrected chi connectivity index (χ1v) is 6.76. The summed E-state index contributed by atoms with van der Waals surface area (Å²) in [6.07, 6.45) is 10.5. The van der Waals surface area contributed by atoms with Crippen molar-refractivity contribution in [3.8, 4) is 0 Å². The Kier molecular flexibility index (Phi) is 7.02. The third kappa shape index (κ3) is 5.99. The third-order valence-electron chi connectivity index (χ3n) is 3.16. The molecule has 3 nitrogen and oxygen atoms in total. The molecule has 1 rings (SSSR count). The summed E-state index contributed by atoms with van der Waals surface area (Å²) >= 11 is 0. The Morgan fingerprint density at radius 1 is 1.19 bits per heavy atom. The smallest absolute Gasteiger partial charge is 0.407 e. The van der Waals surface area contributed by atoms with Gasteiger partial charge in [-0.3, -0.25) is 0 Å². The predicted molar refractivity (Wildman–Crippen MR) is 65.5 cm³/mol. The first-order valence-electron chi connectivity index (χ1n) is 6.76. The van der Waals surface area contributed by atoms with Crippen LogP contribution >= 0.6 is 0 Å². The molecule has 0 saturated heterocycles. The summed E-state index contributed by atoms with van der Waals surface area (Å²) in [7, 11) is 0. The molecule has 0 heterocycles. The molecule has 1 amide bonds. The number of amides is 1. The fourth-order valence-electron chi connectivity index (χ4n) is 2.12. The summed E-state index contributed by atoms with van der Waals surface area (Å²) in [5.74, 6) is 0. The quantitative estimate of drug-likeness (QED) is 0.745. The molecule has 0 spiro atoms. The molecular weight excluding hydrogens is 202 g/mol. The second-order valence-electron chi connectivity index (χ2n) is 4.68. The molecule has 0 atom stereocenters. The average Bonchev–Trinajstić information content (AvgIpc) is 2.22. The van der Waals surface area contributed by atoms with Crippen LogP contribution in [-0.4, -0.2) is 18.7 Å². The van der Waals surface area contributed by atoms with E-state index in [4.69, 9.17) is 4.74 Å². The van der Waals surface area contributed by atoms with Crippen molar-refractivity contribution in [2.45, 2.75) is 70.8 Å². The first-order chi connectivity index (χ1) is 7.83. The van der Waals surface area contributed by atoms with Crippen molar-refractivity contribution >= 4 is 6.09 Å². The molecule has 1 saturated carbocycles. The monoisotopic (exact) mass is 227 g/mol. The number of carbonyl (C=O) groups is 1. The fourth-order valence-corrected chi connectivity index (χ4v) is 2.12. The zero-order valence-electron chi connectivity index (χ0n) is 10.5. The lowest BCUT2D eigenvalue weighted by Gasteiger charge is -2.20. The van der Waals surface area contributed by atoms with Crippen LogP contribution in [0.4, 0.5) is 4.79 Å². The van der Waals surface area contributed by atoms with Crippen molar-refractivity contribution in [3.63, 3.8) is 0 Å². The predicted octanol–water partition coefficient (Wildman–Crippen LogP) is 3.63. The van der Waals surface area contributed by atoms with Crippen molar-refractivity contribution < 1.29 is 9.53 Å². The van der Waals surface area contributed by atoms with Crippen LogP contribution in [0, 0.1) is 0 Å². The van der Waals surface area contributed by atoms with Crippen molar-refractivity contribution in [1.82, 2.24) is 5.32 Å². The van der Waals surface area contributed by atoms with E-state index in [1.54, 1.807) is 0 Å². The molecule has 3 heteroatoms. The minimum Gasteiger partial charge on any atom is -0.450 e. The summed E-state index contributed by atoms with van der Waals surface area (Å²) < 4.78 is 5.11. The van der Waals surface area contributed by atoms with Crippen LogP contribution in [0.15, 0.2) is 0 Å². The molecule has 1 N–H and O–H groups in total. The maximum absolute atomic E-state index is 11.5. The second kappa shape index (κ2) is 8.43. The van der Waals surface area contributed by atoms with Gasteiger partial charge in [0, 0.05) is 6.04 Å². The van der Waals surface area contributed by atoms with Crippen LogP contribution in [0.2, 0.25) is 0 Å². The minimum atomic E-state index is -0.223. The van der Waals surface area contributed by atoms with E-state index in [2.05, 4.69) is 12.2 Å². The van der Waals surface area contributed by atoms with E-state index in [9.17, 15) is 4.79 Å². The number of rotatable bonds is 4. The molecule has 0 unspecified atom stereocenters. The second-order valence-corrected chi connectivity index (χ2v) is 4.68. The van der Waals surface area contributed by atoms with Gasteiger partial charge in [0.25, 0.3) is 0 Å². The van der Waals surface area contributed by atoms with E-state index in [0.717, 1.165) is 25.7 Å². The molecule has 0 bridgehead atoms. The lowest BCUT2D eigenvalue weighted by Crippen LogP contribution is -2.35. The van der Waals surface area contributed by atoms with Gasteiger partial charge in [-0.05, 0) is 19.3 Å². The van der Waals surface area contributed by atoms with Crippen LogP contribution in [0.5, 0.6) is 0 Å². The molecule has 16 heavy (non-hydrogen) atoms. The number of hydrogen-bond acceptors (Lipinski definition) is 2. The van der Waals surface area contributed by atoms with Crippen LogP contribution in [0.1, 0.15) is 64.7 Å². The van der Waals surface area contributed by atoms with E-state index < -0.39 is 0 Å². The van der Waals surface area contributed by atoms with Gasteiger partial charge in [0.15, 0.2) is 0 Å². The lowest BCUT2D eigenvalue weighted by atomic mass is 9.97. The number of alkyl carbamates (subject to hydrolysis) is 1. The van der Waals surface area contributed by atoms with Gasteiger partial charge in [0.05, 0.1) is 6.61 Å². The Balaban J connectivity index is 2.14. The van der Waals surface area contributed by atoms with Crippen molar-refractivity contribution in [2.24, 2.45) is 0 Å². The van der Waals surface area contributed by atoms with Crippen molar-refractivity contribution in [3.05, 3.63) is 0 Å². The number of hydrogen-bond donors (Lipinski definition) is 1. The Bertz CT molecular complexity index is 186. The molecule has 0 aromatic carbocycles. The Morgan fingerprint density at radius 3 is 2.44 bits per heavy atom. The molecule has 1 aliphatic rings. The summed E-state index contributed by atoms with van der Waals surface area (Å²) in [6, 6.07) is 0.342. The maximum Gasteiger partial charge on any atom is 0.407 e. The molecule has 1 aliphatic carbocycles. The molecule has 0 aromatic heterocycles. The molecule has 0 radical (unpaired) electrons. The Labute approximate surface area is 98.9 Å². The number of nitrogens with one attached hydrogen (secondary N) is 1. The lowest BCUT2D eigenvalue weighted by molar-refractivity contribution is 0.138. The van der Waals surface area contributed by atoms with Gasteiger partial charge in [-0.1, -0.05) is 45.4 Å². The van der Waals surface area contributed by atoms with Gasteiger partial charge in [-0.25, -0.2) is 4.79 Å². The molecule has 94 valence electrons. The molecular formula is C13H25NO2. The maximum atomic E-state index is 11.5. The normalized spacial score (nSPS) is 18.6. The van der Waals surface area contributed by atoms with Gasteiger partial charge in [0.2, 0.25) is 0 Å². The van der Waals surface area contributed by atoms with E-state index in [-0.39, 0.29) is 6.09 Å². The van der Waals surface area contributed by atoms with Gasteiger partial charge in [-0.15, -0.1) is 0 Å². The summed E-state index contributed by atoms with van der Waals surface area (Å²) in [5, 5.41) is 2.98. The van der Waals surface area contributed by atoms with E-state index in [0.29, 0.717) is 12.6 Å². The van der Waals surface area contributed by atoms with Gasteiger partial charge in [-0.2, -0.15) is 0 Å². The SMILES string of the molecule is CCCCOC(=O)NC1CCCCCCC1. The fraction of sp³-hybridized carbons (Fsp3) is 0.923. The average molecular weight is 227 g/mol. The zero-order valence-corrected chi connectivity index (χ0v) is 10.5. The van der Waals surface area contributed by atoms with E-state index >= 15 is 0 Å². The zero-order chi connectivity index (χ0) is 11.6. The Morgan fingerprint density at radius 2 is 1.81 bits per heavy atom. The highest BCUT2D eigenvalue weighted by molar-refractivity contribution is 5.67. The van der Waals surface area contributed by atoms with Gasteiger partial charge < -0.3 is 10.1 Å². The number of unbranched alkanes of at least 4 members (excludes halogenated alkanes) is 1. The highest BCUT2D eigenvalue weighted by Gasteiger charge is 2.14. The highest BCUT2D eigenvalue weighted by atomic mass is 16.5.